The highest BCUT2D eigenvalue weighted by atomic mass is 35.5. The summed E-state index contributed by atoms with van der Waals surface area (Å²) < 4.78 is 31.9. The predicted octanol–water partition coefficient (Wildman–Crippen LogP) is 4.66. The van der Waals surface area contributed by atoms with E-state index < -0.39 is 9.84 Å². The molecule has 5 rings (SSSR count). The fourth-order valence-corrected chi connectivity index (χ4v) is 5.21. The third kappa shape index (κ3) is 4.83. The molecule has 0 atom stereocenters. The number of carbonyl (C=O) groups is 1. The summed E-state index contributed by atoms with van der Waals surface area (Å²) in [5, 5.41) is 0. The summed E-state index contributed by atoms with van der Waals surface area (Å²) in [6, 6.07) is 17.0. The molecule has 0 aliphatic carbocycles. The van der Waals surface area contributed by atoms with Gasteiger partial charge in [-0.1, -0.05) is 19.1 Å². The van der Waals surface area contributed by atoms with E-state index in [4.69, 9.17) is 4.74 Å². The van der Waals surface area contributed by atoms with Gasteiger partial charge in [0.2, 0.25) is 0 Å². The number of halogens is 1. The Kier molecular flexibility index (Phi) is 7.11. The Labute approximate surface area is 217 Å². The summed E-state index contributed by atoms with van der Waals surface area (Å²) in [5.74, 6) is 0.643. The lowest BCUT2D eigenvalue weighted by Gasteiger charge is -2.22. The molecule has 0 saturated carbocycles. The van der Waals surface area contributed by atoms with Gasteiger partial charge in [-0.05, 0) is 65.6 Å². The van der Waals surface area contributed by atoms with Crippen molar-refractivity contribution >= 4 is 39.2 Å². The third-order valence-corrected chi connectivity index (χ3v) is 7.61. The van der Waals surface area contributed by atoms with E-state index in [-0.39, 0.29) is 23.2 Å². The van der Waals surface area contributed by atoms with Gasteiger partial charge in [-0.2, -0.15) is 0 Å². The minimum Gasteiger partial charge on any atom is -0.491 e. The van der Waals surface area contributed by atoms with Crippen molar-refractivity contribution in [2.75, 3.05) is 19.4 Å². The van der Waals surface area contributed by atoms with Crippen molar-refractivity contribution in [2.24, 2.45) is 7.05 Å². The van der Waals surface area contributed by atoms with Gasteiger partial charge in [0.05, 0.1) is 28.8 Å². The van der Waals surface area contributed by atoms with Crippen LogP contribution in [0.15, 0.2) is 65.8 Å². The smallest absolute Gasteiger partial charge is 0.254 e. The maximum Gasteiger partial charge on any atom is 0.254 e. The summed E-state index contributed by atoms with van der Waals surface area (Å²) in [5.41, 5.74) is 6.25. The standard InChI is InChI=1S/C27H27N3O4S.ClH/c1-4-18-14-22(35(3,32)33)7-8-23(18)27(31)30-11-12-34-26-10-6-19(13-21(26)16-30)20-5-9-25-24(15-20)28-17-29(25)2;/h5-10,13-15,17H,4,11-12,16H2,1-3H3;1H. The van der Waals surface area contributed by atoms with Crippen molar-refractivity contribution in [3.63, 3.8) is 0 Å². The first-order chi connectivity index (χ1) is 16.7. The number of ether oxygens (including phenoxy) is 1. The van der Waals surface area contributed by atoms with Crippen molar-refractivity contribution in [1.82, 2.24) is 14.5 Å². The number of fused-ring (bicyclic) bond motifs is 2. The van der Waals surface area contributed by atoms with Crippen LogP contribution < -0.4 is 4.74 Å². The van der Waals surface area contributed by atoms with E-state index in [1.807, 2.05) is 30.7 Å². The molecule has 1 aliphatic rings. The number of carbonyl (C=O) groups excluding carboxylic acids is 1. The van der Waals surface area contributed by atoms with Gasteiger partial charge in [0.15, 0.2) is 9.84 Å². The molecule has 7 nitrogen and oxygen atoms in total. The molecular weight excluding hydrogens is 498 g/mol. The van der Waals surface area contributed by atoms with Crippen LogP contribution in [-0.2, 0) is 29.9 Å². The second-order valence-electron chi connectivity index (χ2n) is 8.90. The molecule has 2 heterocycles. The molecule has 0 saturated heterocycles. The Morgan fingerprint density at radius 1 is 1.06 bits per heavy atom. The highest BCUT2D eigenvalue weighted by molar-refractivity contribution is 7.90. The van der Waals surface area contributed by atoms with Gasteiger partial charge in [-0.3, -0.25) is 4.79 Å². The Bertz CT molecular complexity index is 1560. The minimum atomic E-state index is -3.34. The van der Waals surface area contributed by atoms with E-state index in [1.165, 1.54) is 12.3 Å². The molecule has 9 heteroatoms. The second-order valence-corrected chi connectivity index (χ2v) is 10.9. The number of rotatable bonds is 4. The number of amides is 1. The molecule has 1 aliphatic heterocycles. The molecule has 0 fully saturated rings. The van der Waals surface area contributed by atoms with Crippen LogP contribution in [0.2, 0.25) is 0 Å². The third-order valence-electron chi connectivity index (χ3n) is 6.50. The number of aryl methyl sites for hydroxylation is 2. The molecular formula is C27H28ClN3O4S. The molecule has 0 spiro atoms. The first-order valence-electron chi connectivity index (χ1n) is 11.5. The highest BCUT2D eigenvalue weighted by Crippen LogP contribution is 2.31. The largest absolute Gasteiger partial charge is 0.491 e. The molecule has 1 aromatic heterocycles. The Hall–Kier alpha value is -3.36. The zero-order chi connectivity index (χ0) is 24.7. The molecule has 4 aromatic rings. The molecule has 188 valence electrons. The van der Waals surface area contributed by atoms with Crippen LogP contribution in [-0.4, -0.2) is 48.2 Å². The van der Waals surface area contributed by atoms with E-state index in [1.54, 1.807) is 23.4 Å². The molecule has 0 N–H and O–H groups in total. The first kappa shape index (κ1) is 25.7. The Morgan fingerprint density at radius 2 is 1.81 bits per heavy atom. The van der Waals surface area contributed by atoms with Crippen LogP contribution in [0.4, 0.5) is 0 Å². The number of hydrogen-bond acceptors (Lipinski definition) is 5. The second kappa shape index (κ2) is 9.95. The lowest BCUT2D eigenvalue weighted by molar-refractivity contribution is 0.0732. The molecule has 1 amide bonds. The minimum absolute atomic E-state index is 0. The van der Waals surface area contributed by atoms with Crippen LogP contribution >= 0.6 is 12.4 Å². The SMILES string of the molecule is CCc1cc(S(C)(=O)=O)ccc1C(=O)N1CCOc2ccc(-c3ccc4c(c3)ncn4C)cc2C1.Cl. The van der Waals surface area contributed by atoms with Gasteiger partial charge in [0.25, 0.3) is 5.91 Å². The van der Waals surface area contributed by atoms with Gasteiger partial charge in [-0.15, -0.1) is 12.4 Å². The fourth-order valence-electron chi connectivity index (χ4n) is 4.54. The van der Waals surface area contributed by atoms with Crippen molar-refractivity contribution in [3.05, 3.63) is 77.6 Å². The predicted molar refractivity (Wildman–Crippen MR) is 143 cm³/mol. The monoisotopic (exact) mass is 525 g/mol. The van der Waals surface area contributed by atoms with Gasteiger partial charge >= 0.3 is 0 Å². The number of imidazole rings is 1. The lowest BCUT2D eigenvalue weighted by Crippen LogP contribution is -2.33. The topological polar surface area (TPSA) is 81.5 Å². The molecule has 36 heavy (non-hydrogen) atoms. The zero-order valence-electron chi connectivity index (χ0n) is 20.4. The van der Waals surface area contributed by atoms with E-state index in [0.717, 1.165) is 39.0 Å². The average molecular weight is 526 g/mol. The van der Waals surface area contributed by atoms with Crippen LogP contribution in [0.5, 0.6) is 5.75 Å². The van der Waals surface area contributed by atoms with E-state index in [9.17, 15) is 13.2 Å². The van der Waals surface area contributed by atoms with E-state index in [2.05, 4.69) is 29.2 Å². The zero-order valence-corrected chi connectivity index (χ0v) is 22.0. The van der Waals surface area contributed by atoms with Gasteiger partial charge in [0.1, 0.15) is 12.4 Å². The van der Waals surface area contributed by atoms with E-state index in [0.29, 0.717) is 31.7 Å². The maximum absolute atomic E-state index is 13.5. The normalized spacial score (nSPS) is 13.5. The lowest BCUT2D eigenvalue weighted by atomic mass is 10.0. The average Bonchev–Trinajstić information content (AvgIpc) is 3.08. The van der Waals surface area contributed by atoms with Crippen molar-refractivity contribution in [3.8, 4) is 16.9 Å². The highest BCUT2D eigenvalue weighted by Gasteiger charge is 2.24. The Morgan fingerprint density at radius 3 is 2.56 bits per heavy atom. The summed E-state index contributed by atoms with van der Waals surface area (Å²) >= 11 is 0. The fraction of sp³-hybridized carbons (Fsp3) is 0.259. The van der Waals surface area contributed by atoms with Crippen LogP contribution in [0, 0.1) is 0 Å². The van der Waals surface area contributed by atoms with Crippen LogP contribution in [0.25, 0.3) is 22.2 Å². The molecule has 0 unspecified atom stereocenters. The summed E-state index contributed by atoms with van der Waals surface area (Å²) in [7, 11) is -1.37. The number of hydrogen-bond donors (Lipinski definition) is 0. The van der Waals surface area contributed by atoms with Gasteiger partial charge < -0.3 is 14.2 Å². The van der Waals surface area contributed by atoms with Crippen molar-refractivity contribution in [1.29, 1.82) is 0 Å². The van der Waals surface area contributed by atoms with Crippen LogP contribution in [0.1, 0.15) is 28.4 Å². The van der Waals surface area contributed by atoms with Crippen LogP contribution in [0.3, 0.4) is 0 Å². The number of sulfone groups is 1. The Balaban J connectivity index is 0.00000304. The quantitative estimate of drug-likeness (QED) is 0.387. The molecule has 3 aromatic carbocycles. The molecule has 0 bridgehead atoms. The number of aromatic nitrogens is 2. The summed E-state index contributed by atoms with van der Waals surface area (Å²) in [6.45, 7) is 3.16. The number of nitrogens with zero attached hydrogens (tertiary/aromatic N) is 3. The first-order valence-corrected chi connectivity index (χ1v) is 13.4. The maximum atomic E-state index is 13.5. The number of benzene rings is 3. The summed E-state index contributed by atoms with van der Waals surface area (Å²) in [4.78, 5) is 20.0. The molecule has 0 radical (unpaired) electrons. The van der Waals surface area contributed by atoms with Gasteiger partial charge in [0, 0.05) is 31.0 Å². The van der Waals surface area contributed by atoms with Crippen molar-refractivity contribution < 1.29 is 17.9 Å². The van der Waals surface area contributed by atoms with Crippen molar-refractivity contribution in [2.45, 2.75) is 24.8 Å². The van der Waals surface area contributed by atoms with Gasteiger partial charge in [-0.25, -0.2) is 13.4 Å². The summed E-state index contributed by atoms with van der Waals surface area (Å²) in [6.07, 6.45) is 3.54. The van der Waals surface area contributed by atoms with E-state index >= 15 is 0 Å².